The predicted molar refractivity (Wildman–Crippen MR) is 92.9 cm³/mol. The van der Waals surface area contributed by atoms with E-state index in [2.05, 4.69) is 10.4 Å². The van der Waals surface area contributed by atoms with Crippen LogP contribution in [0.25, 0.3) is 11.3 Å². The lowest BCUT2D eigenvalue weighted by atomic mass is 10.1. The number of aromatic nitrogens is 2. The number of carbonyl (C=O) groups excluding carboxylic acids is 1. The van der Waals surface area contributed by atoms with Gasteiger partial charge in [-0.2, -0.15) is 5.10 Å². The van der Waals surface area contributed by atoms with Gasteiger partial charge in [0.2, 0.25) is 5.91 Å². The molecular weight excluding hydrogens is 307 g/mol. The number of carbonyl (C=O) groups is 1. The van der Waals surface area contributed by atoms with Gasteiger partial charge < -0.3 is 10.2 Å². The summed E-state index contributed by atoms with van der Waals surface area (Å²) in [5.41, 5.74) is 2.10. The summed E-state index contributed by atoms with van der Waals surface area (Å²) in [6.45, 7) is 3.75. The molecule has 1 heterocycles. The van der Waals surface area contributed by atoms with E-state index < -0.39 is 0 Å². The van der Waals surface area contributed by atoms with Crippen LogP contribution in [0, 0.1) is 5.82 Å². The summed E-state index contributed by atoms with van der Waals surface area (Å²) in [5, 5.41) is 7.42. The number of nitrogens with one attached hydrogen (secondary N) is 1. The predicted octanol–water partition coefficient (Wildman–Crippen LogP) is 2.67. The molecule has 1 aromatic carbocycles. The van der Waals surface area contributed by atoms with Crippen molar-refractivity contribution in [1.29, 1.82) is 0 Å². The molecule has 6 heteroatoms. The summed E-state index contributed by atoms with van der Waals surface area (Å²) in [4.78, 5) is 13.6. The Balaban J connectivity index is 2.16. The van der Waals surface area contributed by atoms with Gasteiger partial charge in [-0.3, -0.25) is 9.48 Å². The zero-order chi connectivity index (χ0) is 17.5. The normalized spacial score (nSPS) is 11.0. The lowest BCUT2D eigenvalue weighted by Gasteiger charge is -2.12. The monoisotopic (exact) mass is 332 g/mol. The van der Waals surface area contributed by atoms with E-state index in [9.17, 15) is 9.18 Å². The fourth-order valence-electron chi connectivity index (χ4n) is 2.52. The van der Waals surface area contributed by atoms with E-state index in [1.54, 1.807) is 18.2 Å². The van der Waals surface area contributed by atoms with Crippen molar-refractivity contribution in [3.8, 4) is 11.3 Å². The van der Waals surface area contributed by atoms with Crippen molar-refractivity contribution < 1.29 is 9.18 Å². The molecule has 0 bridgehead atoms. The van der Waals surface area contributed by atoms with E-state index >= 15 is 0 Å². The standard InChI is InChI=1S/C18H25FN4O/c1-4-7-18(24)20-10-11-23-14(13-22(2)3)12-17(21-23)15-8-5-6-9-16(15)19/h5-6,8-9,12H,4,7,10-11,13H2,1-3H3,(H,20,24). The van der Waals surface area contributed by atoms with Crippen LogP contribution in [0.1, 0.15) is 25.5 Å². The Hall–Kier alpha value is -2.21. The molecule has 1 amide bonds. The summed E-state index contributed by atoms with van der Waals surface area (Å²) in [5.74, 6) is -0.233. The fraction of sp³-hybridized carbons (Fsp3) is 0.444. The zero-order valence-electron chi connectivity index (χ0n) is 14.6. The van der Waals surface area contributed by atoms with Gasteiger partial charge in [0.15, 0.2) is 0 Å². The first kappa shape index (κ1) is 18.1. The van der Waals surface area contributed by atoms with Gasteiger partial charge in [0.25, 0.3) is 0 Å². The van der Waals surface area contributed by atoms with Crippen molar-refractivity contribution in [3.05, 3.63) is 41.8 Å². The third-order valence-corrected chi connectivity index (χ3v) is 3.61. The zero-order valence-corrected chi connectivity index (χ0v) is 14.6. The average Bonchev–Trinajstić information content (AvgIpc) is 2.90. The molecule has 0 saturated carbocycles. The van der Waals surface area contributed by atoms with Crippen LogP contribution in [-0.2, 0) is 17.9 Å². The smallest absolute Gasteiger partial charge is 0.220 e. The van der Waals surface area contributed by atoms with E-state index in [0.29, 0.717) is 37.3 Å². The van der Waals surface area contributed by atoms with Crippen molar-refractivity contribution in [2.45, 2.75) is 32.9 Å². The van der Waals surface area contributed by atoms with Gasteiger partial charge in [0, 0.05) is 25.1 Å². The van der Waals surface area contributed by atoms with Crippen molar-refractivity contribution in [2.75, 3.05) is 20.6 Å². The average molecular weight is 332 g/mol. The summed E-state index contributed by atoms with van der Waals surface area (Å²) in [7, 11) is 3.95. The molecule has 24 heavy (non-hydrogen) atoms. The second-order valence-electron chi connectivity index (χ2n) is 6.06. The van der Waals surface area contributed by atoms with Gasteiger partial charge in [-0.05, 0) is 38.7 Å². The molecule has 0 aliphatic rings. The Bertz CT molecular complexity index is 681. The molecule has 0 saturated heterocycles. The van der Waals surface area contributed by atoms with Gasteiger partial charge in [-0.15, -0.1) is 0 Å². The van der Waals surface area contributed by atoms with Gasteiger partial charge in [-0.1, -0.05) is 19.1 Å². The maximum Gasteiger partial charge on any atom is 0.220 e. The highest BCUT2D eigenvalue weighted by atomic mass is 19.1. The van der Waals surface area contributed by atoms with Crippen LogP contribution in [0.15, 0.2) is 30.3 Å². The Morgan fingerprint density at radius 3 is 2.75 bits per heavy atom. The highest BCUT2D eigenvalue weighted by Gasteiger charge is 2.13. The van der Waals surface area contributed by atoms with Crippen molar-refractivity contribution >= 4 is 5.91 Å². The number of benzene rings is 1. The maximum absolute atomic E-state index is 14.0. The van der Waals surface area contributed by atoms with Gasteiger partial charge in [0.05, 0.1) is 17.9 Å². The second kappa shape index (κ2) is 8.59. The second-order valence-corrected chi connectivity index (χ2v) is 6.06. The first-order valence-electron chi connectivity index (χ1n) is 8.24. The van der Waals surface area contributed by atoms with Crippen molar-refractivity contribution in [2.24, 2.45) is 0 Å². The lowest BCUT2D eigenvalue weighted by molar-refractivity contribution is -0.121. The van der Waals surface area contributed by atoms with Crippen molar-refractivity contribution in [3.63, 3.8) is 0 Å². The van der Waals surface area contributed by atoms with Crippen LogP contribution < -0.4 is 5.32 Å². The number of hydrogen-bond acceptors (Lipinski definition) is 3. The van der Waals surface area contributed by atoms with Crippen LogP contribution in [-0.4, -0.2) is 41.2 Å². The highest BCUT2D eigenvalue weighted by Crippen LogP contribution is 2.22. The molecule has 0 atom stereocenters. The molecule has 0 radical (unpaired) electrons. The maximum atomic E-state index is 14.0. The third kappa shape index (κ3) is 4.89. The Morgan fingerprint density at radius 2 is 2.08 bits per heavy atom. The minimum Gasteiger partial charge on any atom is -0.354 e. The molecule has 5 nitrogen and oxygen atoms in total. The molecule has 130 valence electrons. The van der Waals surface area contributed by atoms with E-state index in [0.717, 1.165) is 12.1 Å². The minimum absolute atomic E-state index is 0.0492. The van der Waals surface area contributed by atoms with E-state index in [1.807, 2.05) is 36.7 Å². The molecule has 0 fully saturated rings. The Kier molecular flexibility index (Phi) is 6.49. The molecule has 2 rings (SSSR count). The van der Waals surface area contributed by atoms with Gasteiger partial charge >= 0.3 is 0 Å². The van der Waals surface area contributed by atoms with E-state index in [1.165, 1.54) is 6.07 Å². The van der Waals surface area contributed by atoms with Crippen LogP contribution >= 0.6 is 0 Å². The Labute approximate surface area is 142 Å². The first-order chi connectivity index (χ1) is 11.5. The van der Waals surface area contributed by atoms with Gasteiger partial charge in [-0.25, -0.2) is 4.39 Å². The number of halogens is 1. The Morgan fingerprint density at radius 1 is 1.33 bits per heavy atom. The minimum atomic E-state index is -0.283. The number of nitrogens with zero attached hydrogens (tertiary/aromatic N) is 3. The van der Waals surface area contributed by atoms with E-state index in [4.69, 9.17) is 0 Å². The number of rotatable bonds is 8. The fourth-order valence-corrected chi connectivity index (χ4v) is 2.52. The molecule has 0 aliphatic heterocycles. The first-order valence-corrected chi connectivity index (χ1v) is 8.24. The van der Waals surface area contributed by atoms with Crippen LogP contribution in [0.5, 0.6) is 0 Å². The highest BCUT2D eigenvalue weighted by molar-refractivity contribution is 5.75. The third-order valence-electron chi connectivity index (χ3n) is 3.61. The quantitative estimate of drug-likeness (QED) is 0.808. The largest absolute Gasteiger partial charge is 0.354 e. The topological polar surface area (TPSA) is 50.2 Å². The van der Waals surface area contributed by atoms with Crippen LogP contribution in [0.2, 0.25) is 0 Å². The molecule has 0 aliphatic carbocycles. The molecule has 0 spiro atoms. The number of hydrogen-bond donors (Lipinski definition) is 1. The van der Waals surface area contributed by atoms with Crippen LogP contribution in [0.3, 0.4) is 0 Å². The molecule has 2 aromatic rings. The van der Waals surface area contributed by atoms with Crippen LogP contribution in [0.4, 0.5) is 4.39 Å². The van der Waals surface area contributed by atoms with Gasteiger partial charge in [0.1, 0.15) is 5.82 Å². The molecular formula is C18H25FN4O. The number of amides is 1. The molecule has 0 unspecified atom stereocenters. The van der Waals surface area contributed by atoms with Crippen molar-refractivity contribution in [1.82, 2.24) is 20.0 Å². The summed E-state index contributed by atoms with van der Waals surface area (Å²) < 4.78 is 15.8. The summed E-state index contributed by atoms with van der Waals surface area (Å²) >= 11 is 0. The SMILES string of the molecule is CCCC(=O)NCCn1nc(-c2ccccc2F)cc1CN(C)C. The van der Waals surface area contributed by atoms with E-state index in [-0.39, 0.29) is 11.7 Å². The molecule has 1 N–H and O–H groups in total. The lowest BCUT2D eigenvalue weighted by Crippen LogP contribution is -2.28. The summed E-state index contributed by atoms with van der Waals surface area (Å²) in [6, 6.07) is 8.54. The molecule has 1 aromatic heterocycles. The summed E-state index contributed by atoms with van der Waals surface area (Å²) in [6.07, 6.45) is 1.36.